The van der Waals surface area contributed by atoms with Gasteiger partial charge in [-0.15, -0.1) is 24.0 Å². The van der Waals surface area contributed by atoms with Crippen molar-refractivity contribution < 1.29 is 14.2 Å². The van der Waals surface area contributed by atoms with E-state index in [1.54, 1.807) is 0 Å². The van der Waals surface area contributed by atoms with E-state index in [0.29, 0.717) is 12.5 Å². The first-order valence-electron chi connectivity index (χ1n) is 11.7. The molecule has 2 rings (SSSR count). The number of rotatable bonds is 14. The highest BCUT2D eigenvalue weighted by atomic mass is 127. The molecule has 0 amide bonds. The van der Waals surface area contributed by atoms with Crippen molar-refractivity contribution in [2.24, 2.45) is 10.9 Å². The summed E-state index contributed by atoms with van der Waals surface area (Å²) in [7, 11) is 4.15. The molecule has 0 bridgehead atoms. The van der Waals surface area contributed by atoms with E-state index in [1.807, 2.05) is 12.1 Å². The van der Waals surface area contributed by atoms with E-state index in [2.05, 4.69) is 48.7 Å². The first-order valence-corrected chi connectivity index (χ1v) is 11.7. The van der Waals surface area contributed by atoms with E-state index in [9.17, 15) is 0 Å². The van der Waals surface area contributed by atoms with Gasteiger partial charge in [-0.2, -0.15) is 0 Å². The Morgan fingerprint density at radius 2 is 1.84 bits per heavy atom. The Bertz CT molecular complexity index is 608. The topological polar surface area (TPSA) is 67.4 Å². The molecular weight excluding hydrogens is 519 g/mol. The highest BCUT2D eigenvalue weighted by Gasteiger charge is 2.13. The second-order valence-electron chi connectivity index (χ2n) is 8.26. The SMILES string of the molecule is CCNC(=NCc1ccc(OCCCN(C)C)cc1)NCCCOCC1CCOCC1.I. The number of guanidine groups is 1. The Hall–Kier alpha value is -1.10. The summed E-state index contributed by atoms with van der Waals surface area (Å²) in [5, 5.41) is 6.70. The van der Waals surface area contributed by atoms with Crippen molar-refractivity contribution in [3.63, 3.8) is 0 Å². The number of benzene rings is 1. The standard InChI is InChI=1S/C24H42N4O3.HI/c1-4-25-24(26-13-5-15-30-20-22-11-17-29-18-12-22)27-19-21-7-9-23(10-8-21)31-16-6-14-28(2)3;/h7-10,22H,4-6,11-20H2,1-3H3,(H2,25,26,27);1H. The van der Waals surface area contributed by atoms with Gasteiger partial charge < -0.3 is 29.7 Å². The molecule has 0 aromatic heterocycles. The highest BCUT2D eigenvalue weighted by molar-refractivity contribution is 14.0. The van der Waals surface area contributed by atoms with Crippen molar-refractivity contribution in [1.82, 2.24) is 15.5 Å². The number of hydrogen-bond donors (Lipinski definition) is 2. The highest BCUT2D eigenvalue weighted by Crippen LogP contribution is 2.15. The van der Waals surface area contributed by atoms with E-state index in [4.69, 9.17) is 19.2 Å². The maximum absolute atomic E-state index is 5.83. The first-order chi connectivity index (χ1) is 15.2. The molecule has 2 N–H and O–H groups in total. The van der Waals surface area contributed by atoms with Gasteiger partial charge in [0.2, 0.25) is 0 Å². The summed E-state index contributed by atoms with van der Waals surface area (Å²) in [4.78, 5) is 6.86. The maximum atomic E-state index is 5.83. The maximum Gasteiger partial charge on any atom is 0.191 e. The Labute approximate surface area is 211 Å². The molecule has 1 aliphatic rings. The molecule has 0 radical (unpaired) electrons. The van der Waals surface area contributed by atoms with Crippen LogP contribution in [-0.2, 0) is 16.0 Å². The second kappa shape index (κ2) is 18.3. The third kappa shape index (κ3) is 13.4. The van der Waals surface area contributed by atoms with E-state index in [1.165, 1.54) is 0 Å². The minimum absolute atomic E-state index is 0. The lowest BCUT2D eigenvalue weighted by Crippen LogP contribution is -2.38. The Morgan fingerprint density at radius 1 is 1.09 bits per heavy atom. The zero-order chi connectivity index (χ0) is 22.2. The third-order valence-electron chi connectivity index (χ3n) is 5.16. The van der Waals surface area contributed by atoms with Crippen molar-refractivity contribution in [2.75, 3.05) is 66.8 Å². The normalized spacial score (nSPS) is 14.8. The summed E-state index contributed by atoms with van der Waals surface area (Å²) >= 11 is 0. The molecule has 0 unspecified atom stereocenters. The van der Waals surface area contributed by atoms with Gasteiger partial charge in [0.05, 0.1) is 13.2 Å². The smallest absolute Gasteiger partial charge is 0.191 e. The first kappa shape index (κ1) is 28.9. The van der Waals surface area contributed by atoms with Crippen LogP contribution in [0, 0.1) is 5.92 Å². The van der Waals surface area contributed by atoms with Crippen LogP contribution in [0.15, 0.2) is 29.3 Å². The minimum atomic E-state index is 0. The fraction of sp³-hybridized carbons (Fsp3) is 0.708. The molecule has 0 aliphatic carbocycles. The van der Waals surface area contributed by atoms with Crippen molar-refractivity contribution in [3.8, 4) is 5.75 Å². The summed E-state index contributed by atoms with van der Waals surface area (Å²) in [5.41, 5.74) is 1.16. The predicted molar refractivity (Wildman–Crippen MR) is 142 cm³/mol. The molecule has 1 heterocycles. The number of aliphatic imine (C=N–C) groups is 1. The fourth-order valence-corrected chi connectivity index (χ4v) is 3.32. The number of halogens is 1. The van der Waals surface area contributed by atoms with E-state index >= 15 is 0 Å². The number of nitrogens with zero attached hydrogens (tertiary/aromatic N) is 2. The zero-order valence-corrected chi connectivity index (χ0v) is 22.4. The van der Waals surface area contributed by atoms with Gasteiger partial charge in [-0.1, -0.05) is 12.1 Å². The second-order valence-corrected chi connectivity index (χ2v) is 8.26. The average Bonchev–Trinajstić information content (AvgIpc) is 2.78. The summed E-state index contributed by atoms with van der Waals surface area (Å²) in [6.45, 7) is 9.57. The minimum Gasteiger partial charge on any atom is -0.494 e. The quantitative estimate of drug-likeness (QED) is 0.157. The lowest BCUT2D eigenvalue weighted by atomic mass is 10.0. The zero-order valence-electron chi connectivity index (χ0n) is 20.1. The van der Waals surface area contributed by atoms with E-state index < -0.39 is 0 Å². The lowest BCUT2D eigenvalue weighted by Gasteiger charge is -2.21. The van der Waals surface area contributed by atoms with Crippen molar-refractivity contribution in [3.05, 3.63) is 29.8 Å². The Balaban J connectivity index is 0.00000512. The van der Waals surface area contributed by atoms with E-state index in [-0.39, 0.29) is 24.0 Å². The van der Waals surface area contributed by atoms with Crippen LogP contribution in [0.1, 0.15) is 38.2 Å². The van der Waals surface area contributed by atoms with Gasteiger partial charge in [0.25, 0.3) is 0 Å². The molecule has 1 saturated heterocycles. The number of hydrogen-bond acceptors (Lipinski definition) is 5. The van der Waals surface area contributed by atoms with Gasteiger partial charge in [-0.25, -0.2) is 4.99 Å². The van der Waals surface area contributed by atoms with Crippen LogP contribution in [0.5, 0.6) is 5.75 Å². The van der Waals surface area contributed by atoms with Crippen LogP contribution in [-0.4, -0.2) is 77.6 Å². The summed E-state index contributed by atoms with van der Waals surface area (Å²) in [5.74, 6) is 2.42. The van der Waals surface area contributed by atoms with Crippen LogP contribution >= 0.6 is 24.0 Å². The third-order valence-corrected chi connectivity index (χ3v) is 5.16. The Kier molecular flexibility index (Phi) is 16.6. The molecule has 0 saturated carbocycles. The average molecular weight is 563 g/mol. The summed E-state index contributed by atoms with van der Waals surface area (Å²) < 4.78 is 17.0. The predicted octanol–water partition coefficient (Wildman–Crippen LogP) is 3.52. The molecule has 32 heavy (non-hydrogen) atoms. The van der Waals surface area contributed by atoms with Gasteiger partial charge in [0.15, 0.2) is 5.96 Å². The summed E-state index contributed by atoms with van der Waals surface area (Å²) in [6.07, 6.45) is 4.24. The lowest BCUT2D eigenvalue weighted by molar-refractivity contribution is 0.0203. The molecule has 0 spiro atoms. The molecule has 1 fully saturated rings. The van der Waals surface area contributed by atoms with Crippen molar-refractivity contribution in [1.29, 1.82) is 0 Å². The van der Waals surface area contributed by atoms with Crippen molar-refractivity contribution in [2.45, 2.75) is 39.2 Å². The van der Waals surface area contributed by atoms with Crippen molar-refractivity contribution >= 4 is 29.9 Å². The fourth-order valence-electron chi connectivity index (χ4n) is 3.32. The number of ether oxygens (including phenoxy) is 3. The van der Waals surface area contributed by atoms with Gasteiger partial charge in [-0.05, 0) is 70.3 Å². The van der Waals surface area contributed by atoms with Crippen LogP contribution in [0.4, 0.5) is 0 Å². The van der Waals surface area contributed by atoms with E-state index in [0.717, 1.165) is 95.6 Å². The van der Waals surface area contributed by atoms with Gasteiger partial charge in [0.1, 0.15) is 5.75 Å². The Morgan fingerprint density at radius 3 is 2.53 bits per heavy atom. The monoisotopic (exact) mass is 562 g/mol. The molecule has 1 aromatic carbocycles. The van der Waals surface area contributed by atoms with Crippen LogP contribution in [0.3, 0.4) is 0 Å². The van der Waals surface area contributed by atoms with Crippen LogP contribution < -0.4 is 15.4 Å². The molecular formula is C24H43IN4O3. The molecule has 1 aliphatic heterocycles. The van der Waals surface area contributed by atoms with Gasteiger partial charge in [-0.3, -0.25) is 0 Å². The molecule has 7 nitrogen and oxygen atoms in total. The van der Waals surface area contributed by atoms with Crippen LogP contribution in [0.25, 0.3) is 0 Å². The number of nitrogens with one attached hydrogen (secondary N) is 2. The molecule has 1 aromatic rings. The van der Waals surface area contributed by atoms with Gasteiger partial charge in [0, 0.05) is 46.1 Å². The van der Waals surface area contributed by atoms with Gasteiger partial charge >= 0.3 is 0 Å². The summed E-state index contributed by atoms with van der Waals surface area (Å²) in [6, 6.07) is 8.21. The largest absolute Gasteiger partial charge is 0.494 e. The van der Waals surface area contributed by atoms with Crippen LogP contribution in [0.2, 0.25) is 0 Å². The molecule has 8 heteroatoms. The molecule has 184 valence electrons. The molecule has 0 atom stereocenters.